The molecule has 0 bridgehead atoms. The minimum absolute atomic E-state index is 0.0320. The number of nitrogens with zero attached hydrogens (tertiary/aromatic N) is 1. The lowest BCUT2D eigenvalue weighted by atomic mass is 10.1. The molecule has 3 N–H and O–H groups in total. The molecule has 1 aliphatic rings. The second-order valence-electron chi connectivity index (χ2n) is 7.97. The number of fused-ring (bicyclic) bond motifs is 1. The zero-order valence-electron chi connectivity index (χ0n) is 18.6. The van der Waals surface area contributed by atoms with Gasteiger partial charge in [-0.05, 0) is 50.5 Å². The Labute approximate surface area is 188 Å². The van der Waals surface area contributed by atoms with Crippen LogP contribution in [0.3, 0.4) is 0 Å². The van der Waals surface area contributed by atoms with Crippen LogP contribution in [0.1, 0.15) is 36.7 Å². The molecule has 1 amide bonds. The Morgan fingerprint density at radius 2 is 2.00 bits per heavy atom. The van der Waals surface area contributed by atoms with Crippen molar-refractivity contribution < 1.29 is 13.9 Å². The van der Waals surface area contributed by atoms with E-state index in [9.17, 15) is 4.79 Å². The fourth-order valence-corrected chi connectivity index (χ4v) is 3.45. The summed E-state index contributed by atoms with van der Waals surface area (Å²) in [6, 6.07) is 16.1. The second kappa shape index (κ2) is 10.2. The predicted molar refractivity (Wildman–Crippen MR) is 126 cm³/mol. The van der Waals surface area contributed by atoms with Gasteiger partial charge >= 0.3 is 0 Å². The molecule has 0 aliphatic heterocycles. The first-order chi connectivity index (χ1) is 15.6. The predicted octanol–water partition coefficient (Wildman–Crippen LogP) is 3.65. The van der Waals surface area contributed by atoms with Crippen molar-refractivity contribution in [3.05, 3.63) is 65.4 Å². The van der Waals surface area contributed by atoms with Gasteiger partial charge in [0.15, 0.2) is 12.6 Å². The summed E-state index contributed by atoms with van der Waals surface area (Å²) < 4.78 is 11.6. The molecule has 0 spiro atoms. The minimum Gasteiger partial charge on any atom is -0.484 e. The largest absolute Gasteiger partial charge is 0.484 e. The van der Waals surface area contributed by atoms with Gasteiger partial charge < -0.3 is 25.1 Å². The van der Waals surface area contributed by atoms with Crippen molar-refractivity contribution in [1.82, 2.24) is 16.0 Å². The number of guanidine groups is 1. The maximum atomic E-state index is 11.8. The average molecular weight is 435 g/mol. The smallest absolute Gasteiger partial charge is 0.258 e. The quantitative estimate of drug-likeness (QED) is 0.353. The SMILES string of the molecule is CCNC(=NCc1cccc(OCC(=O)NC2CC2)c1)NCc1oc2ccccc2c1C. The van der Waals surface area contributed by atoms with Gasteiger partial charge in [-0.2, -0.15) is 0 Å². The number of carbonyl (C=O) groups excluding carboxylic acids is 1. The molecule has 7 nitrogen and oxygen atoms in total. The van der Waals surface area contributed by atoms with Gasteiger partial charge in [0.25, 0.3) is 5.91 Å². The summed E-state index contributed by atoms with van der Waals surface area (Å²) in [6.07, 6.45) is 2.13. The molecule has 0 unspecified atom stereocenters. The van der Waals surface area contributed by atoms with Crippen molar-refractivity contribution in [2.45, 2.75) is 45.8 Å². The van der Waals surface area contributed by atoms with Gasteiger partial charge in [-0.25, -0.2) is 4.99 Å². The Morgan fingerprint density at radius 3 is 2.78 bits per heavy atom. The van der Waals surface area contributed by atoms with E-state index in [1.54, 1.807) is 0 Å². The first-order valence-electron chi connectivity index (χ1n) is 11.1. The van der Waals surface area contributed by atoms with Crippen molar-refractivity contribution >= 4 is 22.8 Å². The van der Waals surface area contributed by atoms with Crippen LogP contribution in [0.2, 0.25) is 0 Å². The van der Waals surface area contributed by atoms with Gasteiger partial charge in [0.05, 0.1) is 13.1 Å². The molecular formula is C25H30N4O3. The molecule has 7 heteroatoms. The summed E-state index contributed by atoms with van der Waals surface area (Å²) in [5, 5.41) is 10.7. The molecule has 32 heavy (non-hydrogen) atoms. The molecule has 1 fully saturated rings. The third-order valence-corrected chi connectivity index (χ3v) is 5.33. The Morgan fingerprint density at radius 1 is 1.16 bits per heavy atom. The highest BCUT2D eigenvalue weighted by Gasteiger charge is 2.23. The highest BCUT2D eigenvalue weighted by atomic mass is 16.5. The van der Waals surface area contributed by atoms with Crippen LogP contribution in [-0.2, 0) is 17.9 Å². The Balaban J connectivity index is 1.35. The molecule has 168 valence electrons. The number of para-hydroxylation sites is 1. The second-order valence-corrected chi connectivity index (χ2v) is 7.97. The van der Waals surface area contributed by atoms with Crippen LogP contribution >= 0.6 is 0 Å². The lowest BCUT2D eigenvalue weighted by molar-refractivity contribution is -0.123. The van der Waals surface area contributed by atoms with Crippen LogP contribution in [0.5, 0.6) is 5.75 Å². The summed E-state index contributed by atoms with van der Waals surface area (Å²) >= 11 is 0. The molecule has 3 aromatic rings. The van der Waals surface area contributed by atoms with Crippen molar-refractivity contribution in [3.63, 3.8) is 0 Å². The number of amides is 1. The normalized spacial score (nSPS) is 13.8. The number of nitrogens with one attached hydrogen (secondary N) is 3. The molecule has 0 saturated heterocycles. The average Bonchev–Trinajstić information content (AvgIpc) is 3.56. The van der Waals surface area contributed by atoms with Crippen LogP contribution in [0.4, 0.5) is 0 Å². The zero-order chi connectivity index (χ0) is 22.3. The van der Waals surface area contributed by atoms with E-state index in [0.717, 1.165) is 47.2 Å². The van der Waals surface area contributed by atoms with Gasteiger partial charge in [0.1, 0.15) is 17.1 Å². The third kappa shape index (κ3) is 5.81. The molecule has 1 saturated carbocycles. The number of rotatable bonds is 9. The number of hydrogen-bond acceptors (Lipinski definition) is 4. The first kappa shape index (κ1) is 21.7. The summed E-state index contributed by atoms with van der Waals surface area (Å²) in [5.74, 6) is 2.20. The van der Waals surface area contributed by atoms with Crippen molar-refractivity contribution in [2.75, 3.05) is 13.2 Å². The fourth-order valence-electron chi connectivity index (χ4n) is 3.45. The van der Waals surface area contributed by atoms with Crippen molar-refractivity contribution in [3.8, 4) is 5.75 Å². The maximum Gasteiger partial charge on any atom is 0.258 e. The van der Waals surface area contributed by atoms with Crippen LogP contribution < -0.4 is 20.7 Å². The molecule has 0 atom stereocenters. The van der Waals surface area contributed by atoms with Crippen LogP contribution in [0.15, 0.2) is 57.9 Å². The lowest BCUT2D eigenvalue weighted by Crippen LogP contribution is -2.36. The van der Waals surface area contributed by atoms with Crippen molar-refractivity contribution in [1.29, 1.82) is 0 Å². The lowest BCUT2D eigenvalue weighted by Gasteiger charge is -2.11. The standard InChI is InChI=1S/C25H30N4O3/c1-3-26-25(28-15-23-17(2)21-9-4-5-10-22(21)32-23)27-14-18-7-6-8-20(13-18)31-16-24(30)29-19-11-12-19/h4-10,13,19H,3,11-12,14-16H2,1-2H3,(H,29,30)(H2,26,27,28). The summed E-state index contributed by atoms with van der Waals surface area (Å²) in [4.78, 5) is 16.5. The van der Waals surface area contributed by atoms with Gasteiger partial charge in [-0.3, -0.25) is 4.79 Å². The molecule has 1 aliphatic carbocycles. The Hall–Kier alpha value is -3.48. The van der Waals surface area contributed by atoms with E-state index in [1.807, 2.05) is 49.4 Å². The number of aryl methyl sites for hydroxylation is 1. The summed E-state index contributed by atoms with van der Waals surface area (Å²) in [6.45, 7) is 5.92. The van der Waals surface area contributed by atoms with Gasteiger partial charge in [0, 0.05) is 23.5 Å². The van der Waals surface area contributed by atoms with E-state index < -0.39 is 0 Å². The van der Waals surface area contributed by atoms with Crippen molar-refractivity contribution in [2.24, 2.45) is 4.99 Å². The van der Waals surface area contributed by atoms with Gasteiger partial charge in [-0.1, -0.05) is 30.3 Å². The number of furan rings is 1. The Kier molecular flexibility index (Phi) is 6.94. The van der Waals surface area contributed by atoms with Gasteiger partial charge in [-0.15, -0.1) is 0 Å². The van der Waals surface area contributed by atoms with Crippen LogP contribution in [0, 0.1) is 6.92 Å². The number of ether oxygens (including phenoxy) is 1. The number of carbonyl (C=O) groups is 1. The van der Waals surface area contributed by atoms with E-state index >= 15 is 0 Å². The zero-order valence-corrected chi connectivity index (χ0v) is 18.6. The molecule has 1 heterocycles. The maximum absolute atomic E-state index is 11.8. The summed E-state index contributed by atoms with van der Waals surface area (Å²) in [7, 11) is 0. The molecule has 0 radical (unpaired) electrons. The summed E-state index contributed by atoms with van der Waals surface area (Å²) in [5.41, 5.74) is 3.04. The molecule has 1 aromatic heterocycles. The molecular weight excluding hydrogens is 404 g/mol. The highest BCUT2D eigenvalue weighted by molar-refractivity contribution is 5.83. The molecule has 2 aromatic carbocycles. The topological polar surface area (TPSA) is 87.9 Å². The van der Waals surface area contributed by atoms with E-state index in [2.05, 4.69) is 33.9 Å². The highest BCUT2D eigenvalue weighted by Crippen LogP contribution is 2.24. The van der Waals surface area contributed by atoms with E-state index in [0.29, 0.717) is 30.8 Å². The van der Waals surface area contributed by atoms with E-state index in [1.165, 1.54) is 0 Å². The Bertz CT molecular complexity index is 1100. The van der Waals surface area contributed by atoms with E-state index in [4.69, 9.17) is 9.15 Å². The fraction of sp³-hybridized carbons (Fsp3) is 0.360. The third-order valence-electron chi connectivity index (χ3n) is 5.33. The van der Waals surface area contributed by atoms with Crippen LogP contribution in [0.25, 0.3) is 11.0 Å². The number of benzene rings is 2. The number of aliphatic imine (C=N–C) groups is 1. The van der Waals surface area contributed by atoms with Crippen LogP contribution in [-0.4, -0.2) is 31.1 Å². The number of hydrogen-bond donors (Lipinski definition) is 3. The molecule has 4 rings (SSSR count). The first-order valence-corrected chi connectivity index (χ1v) is 11.1. The minimum atomic E-state index is -0.0737. The monoisotopic (exact) mass is 434 g/mol. The van der Waals surface area contributed by atoms with Gasteiger partial charge in [0.2, 0.25) is 0 Å². The van der Waals surface area contributed by atoms with E-state index in [-0.39, 0.29) is 12.5 Å².